The molecule has 6 N–H and O–H groups in total. The van der Waals surface area contributed by atoms with Gasteiger partial charge in [0.1, 0.15) is 23.0 Å². The molecular weight excluding hydrogens is 608 g/mol. The van der Waals surface area contributed by atoms with E-state index in [4.69, 9.17) is 10.5 Å². The Hall–Kier alpha value is -5.39. The Morgan fingerprint density at radius 1 is 1.02 bits per heavy atom. The molecule has 1 saturated carbocycles. The first-order valence-electron chi connectivity index (χ1n) is 16.1. The van der Waals surface area contributed by atoms with Crippen molar-refractivity contribution in [1.82, 2.24) is 30.8 Å². The highest BCUT2D eigenvalue weighted by molar-refractivity contribution is 5.95. The summed E-state index contributed by atoms with van der Waals surface area (Å²) in [5.74, 6) is -0.267. The van der Waals surface area contributed by atoms with Crippen LogP contribution in [-0.4, -0.2) is 60.8 Å². The average molecular weight is 659 g/mol. The number of ether oxygens (including phenoxy) is 1. The fraction of sp³-hybridized carbons (Fsp3) is 0.361. The second-order valence-corrected chi connectivity index (χ2v) is 10.4. The van der Waals surface area contributed by atoms with Crippen molar-refractivity contribution in [3.8, 4) is 16.9 Å². The molecule has 0 radical (unpaired) electrons. The van der Waals surface area contributed by atoms with Crippen LogP contribution in [0.15, 0.2) is 78.1 Å². The third-order valence-corrected chi connectivity index (χ3v) is 6.99. The summed E-state index contributed by atoms with van der Waals surface area (Å²) in [6, 6.07) is 12.8. The normalized spacial score (nSPS) is 12.5. The lowest BCUT2D eigenvalue weighted by molar-refractivity contribution is -0.121. The molecule has 12 nitrogen and oxygen atoms in total. The summed E-state index contributed by atoms with van der Waals surface area (Å²) in [6.45, 7) is 10.3. The van der Waals surface area contributed by atoms with Gasteiger partial charge in [-0.25, -0.2) is 0 Å². The molecular formula is C36H50N8O4. The Kier molecular flexibility index (Phi) is 15.6. The van der Waals surface area contributed by atoms with Crippen LogP contribution >= 0.6 is 0 Å². The van der Waals surface area contributed by atoms with Crippen LogP contribution in [-0.2, 0) is 16.1 Å². The van der Waals surface area contributed by atoms with E-state index in [0.717, 1.165) is 24.1 Å². The van der Waals surface area contributed by atoms with Gasteiger partial charge in [0, 0.05) is 56.7 Å². The van der Waals surface area contributed by atoms with Crippen molar-refractivity contribution in [3.05, 3.63) is 95.1 Å². The Balaban J connectivity index is 0.00000193. The Bertz CT molecular complexity index is 1600. The van der Waals surface area contributed by atoms with E-state index in [1.807, 2.05) is 58.9 Å². The molecule has 0 bridgehead atoms. The van der Waals surface area contributed by atoms with E-state index in [1.165, 1.54) is 20.2 Å². The van der Waals surface area contributed by atoms with Crippen LogP contribution in [0.1, 0.15) is 62.3 Å². The smallest absolute Gasteiger partial charge is 0.272 e. The molecule has 1 fully saturated rings. The first kappa shape index (κ1) is 38.8. The Morgan fingerprint density at radius 2 is 1.73 bits per heavy atom. The van der Waals surface area contributed by atoms with Gasteiger partial charge in [-0.2, -0.15) is 0 Å². The van der Waals surface area contributed by atoms with Crippen LogP contribution in [0.3, 0.4) is 0 Å². The molecule has 48 heavy (non-hydrogen) atoms. The number of nitrogens with two attached hydrogens (primary N) is 1. The minimum absolute atomic E-state index is 0.0392. The van der Waals surface area contributed by atoms with Gasteiger partial charge in [-0.1, -0.05) is 45.9 Å². The number of anilines is 1. The fourth-order valence-corrected chi connectivity index (χ4v) is 4.55. The average Bonchev–Trinajstić information content (AvgIpc) is 3.96. The van der Waals surface area contributed by atoms with E-state index in [9.17, 15) is 14.4 Å². The van der Waals surface area contributed by atoms with Gasteiger partial charge < -0.3 is 36.6 Å². The van der Waals surface area contributed by atoms with Crippen molar-refractivity contribution in [2.45, 2.75) is 54.0 Å². The molecule has 258 valence electrons. The van der Waals surface area contributed by atoms with Crippen molar-refractivity contribution in [2.24, 2.45) is 11.7 Å². The van der Waals surface area contributed by atoms with Gasteiger partial charge in [0.05, 0.1) is 30.7 Å². The fourth-order valence-electron chi connectivity index (χ4n) is 4.55. The van der Waals surface area contributed by atoms with Gasteiger partial charge in [0.2, 0.25) is 5.91 Å². The van der Waals surface area contributed by atoms with E-state index in [0.29, 0.717) is 40.5 Å². The van der Waals surface area contributed by atoms with Gasteiger partial charge in [-0.3, -0.25) is 24.4 Å². The summed E-state index contributed by atoms with van der Waals surface area (Å²) < 4.78 is 5.80. The van der Waals surface area contributed by atoms with E-state index < -0.39 is 5.91 Å². The molecule has 3 aromatic rings. The number of nitrogens with zero attached hydrogens (tertiary/aromatic N) is 3. The summed E-state index contributed by atoms with van der Waals surface area (Å²) in [4.78, 5) is 48.4. The highest BCUT2D eigenvalue weighted by atomic mass is 16.5. The Labute approximate surface area is 284 Å². The maximum absolute atomic E-state index is 13.1. The number of rotatable bonds is 12. The third-order valence-electron chi connectivity index (χ3n) is 6.99. The van der Waals surface area contributed by atoms with Gasteiger partial charge >= 0.3 is 0 Å². The summed E-state index contributed by atoms with van der Waals surface area (Å²) in [5, 5.41) is 11.4. The van der Waals surface area contributed by atoms with Crippen molar-refractivity contribution in [2.75, 3.05) is 33.6 Å². The number of benzene rings is 1. The predicted molar refractivity (Wildman–Crippen MR) is 191 cm³/mol. The quantitative estimate of drug-likeness (QED) is 0.137. The molecule has 1 aromatic carbocycles. The lowest BCUT2D eigenvalue weighted by Crippen LogP contribution is -2.32. The standard InChI is InChI=1S/C32H38N8O4.2C2H6/c1-19-13-14-36-22(15-19)18-40(4)32(43)25-12-11-21(17-37-25)23-7-6-8-24(29(23)44-5)38-26(28(34-2)31(42)35-3)16-27(33)39-30(41)20-9-10-20;2*1-2/h6-8,11-17,20,34,38H,9-10,18,33H2,1-5H3,(H,35,42)(H,39,41);2*1-2H3/b27-16+,28-26+;;. The molecule has 12 heteroatoms. The maximum atomic E-state index is 13.1. The van der Waals surface area contributed by atoms with Crippen molar-refractivity contribution < 1.29 is 19.1 Å². The van der Waals surface area contributed by atoms with Crippen LogP contribution < -0.4 is 31.7 Å². The summed E-state index contributed by atoms with van der Waals surface area (Å²) >= 11 is 0. The van der Waals surface area contributed by atoms with Crippen LogP contribution in [0.4, 0.5) is 5.69 Å². The van der Waals surface area contributed by atoms with E-state index >= 15 is 0 Å². The van der Waals surface area contributed by atoms with Gasteiger partial charge in [0.15, 0.2) is 0 Å². The minimum atomic E-state index is -0.393. The molecule has 0 atom stereocenters. The number of hydrogen-bond acceptors (Lipinski definition) is 9. The lowest BCUT2D eigenvalue weighted by Gasteiger charge is -2.19. The predicted octanol–water partition coefficient (Wildman–Crippen LogP) is 4.70. The summed E-state index contributed by atoms with van der Waals surface area (Å²) in [5.41, 5.74) is 10.7. The van der Waals surface area contributed by atoms with E-state index in [1.54, 1.807) is 49.6 Å². The number of carbonyl (C=O) groups is 3. The number of carbonyl (C=O) groups excluding carboxylic acids is 3. The molecule has 0 saturated heterocycles. The molecule has 3 amide bonds. The van der Waals surface area contributed by atoms with Gasteiger partial charge in [0.25, 0.3) is 11.8 Å². The number of allylic oxidation sites excluding steroid dienone is 1. The number of methoxy groups -OCH3 is 1. The highest BCUT2D eigenvalue weighted by Gasteiger charge is 2.29. The SMILES string of the molecule is CC.CC.CNC(=O)/C(NC)=C(/C=C(\N)NC(=O)C1CC1)Nc1cccc(-c2ccc(C(=O)N(C)Cc3cc(C)ccn3)nc2)c1OC. The minimum Gasteiger partial charge on any atom is -0.494 e. The van der Waals surface area contributed by atoms with Crippen molar-refractivity contribution in [1.29, 1.82) is 0 Å². The number of nitrogens with one attached hydrogen (secondary N) is 4. The number of amides is 3. The first-order valence-corrected chi connectivity index (χ1v) is 16.1. The monoisotopic (exact) mass is 658 g/mol. The van der Waals surface area contributed by atoms with Crippen molar-refractivity contribution >= 4 is 23.4 Å². The molecule has 0 spiro atoms. The third kappa shape index (κ3) is 10.6. The number of para-hydroxylation sites is 1. The largest absolute Gasteiger partial charge is 0.494 e. The zero-order valence-electron chi connectivity index (χ0n) is 29.5. The number of hydrogen-bond donors (Lipinski definition) is 5. The van der Waals surface area contributed by atoms with Crippen molar-refractivity contribution in [3.63, 3.8) is 0 Å². The van der Waals surface area contributed by atoms with Gasteiger partial charge in [-0.15, -0.1) is 0 Å². The number of likely N-dealkylation sites (N-methyl/N-ethyl adjacent to an activating group) is 2. The molecule has 2 heterocycles. The van der Waals surface area contributed by atoms with Crippen LogP contribution in [0.5, 0.6) is 5.75 Å². The van der Waals surface area contributed by atoms with Crippen LogP contribution in [0, 0.1) is 12.8 Å². The van der Waals surface area contributed by atoms with Crippen LogP contribution in [0.25, 0.3) is 11.1 Å². The number of aryl methyl sites for hydroxylation is 1. The highest BCUT2D eigenvalue weighted by Crippen LogP contribution is 2.37. The lowest BCUT2D eigenvalue weighted by atomic mass is 10.0. The number of aromatic nitrogens is 2. The second-order valence-electron chi connectivity index (χ2n) is 10.4. The Morgan fingerprint density at radius 3 is 2.29 bits per heavy atom. The van der Waals surface area contributed by atoms with E-state index in [2.05, 4.69) is 31.2 Å². The zero-order chi connectivity index (χ0) is 35.8. The molecule has 1 aliphatic carbocycles. The molecule has 1 aliphatic rings. The number of pyridine rings is 2. The topological polar surface area (TPSA) is 164 Å². The maximum Gasteiger partial charge on any atom is 0.272 e. The molecule has 0 unspecified atom stereocenters. The first-order chi connectivity index (χ1) is 23.1. The second kappa shape index (κ2) is 19.3. The molecule has 4 rings (SSSR count). The zero-order valence-corrected chi connectivity index (χ0v) is 29.5. The van der Waals surface area contributed by atoms with Gasteiger partial charge in [-0.05, 0) is 49.6 Å². The van der Waals surface area contributed by atoms with E-state index in [-0.39, 0.29) is 29.3 Å². The molecule has 0 aliphatic heterocycles. The summed E-state index contributed by atoms with van der Waals surface area (Å²) in [7, 11) is 6.36. The van der Waals surface area contributed by atoms with Crippen LogP contribution in [0.2, 0.25) is 0 Å². The summed E-state index contributed by atoms with van der Waals surface area (Å²) in [6.07, 6.45) is 6.48. The molecule has 2 aromatic heterocycles.